The van der Waals surface area contributed by atoms with Crippen molar-refractivity contribution in [2.75, 3.05) is 19.7 Å². The Hall–Kier alpha value is -1.64. The molecule has 1 fully saturated rings. The normalized spacial score (nSPS) is 16.3. The summed E-state index contributed by atoms with van der Waals surface area (Å²) < 4.78 is 6.28. The number of unbranched alkanes of at least 4 members (excludes halogenated alkanes) is 7. The number of hydrogen-bond acceptors (Lipinski definition) is 4. The van der Waals surface area contributed by atoms with Crippen molar-refractivity contribution in [3.63, 3.8) is 0 Å². The van der Waals surface area contributed by atoms with Gasteiger partial charge in [0.2, 0.25) is 5.91 Å². The van der Waals surface area contributed by atoms with Gasteiger partial charge in [-0.2, -0.15) is 0 Å². The molecule has 1 aliphatic rings. The SMILES string of the molecule is CCCCCCCCCCOC(=O)CC1C(=O)NCCN1C(=O)c1cccc(I)c1. The molecule has 7 heteroatoms. The number of rotatable bonds is 12. The molecule has 166 valence electrons. The van der Waals surface area contributed by atoms with Crippen LogP contribution in [0.2, 0.25) is 0 Å². The van der Waals surface area contributed by atoms with E-state index in [1.807, 2.05) is 12.1 Å². The van der Waals surface area contributed by atoms with Crippen LogP contribution in [0, 0.1) is 3.57 Å². The Morgan fingerprint density at radius 3 is 2.53 bits per heavy atom. The highest BCUT2D eigenvalue weighted by Crippen LogP contribution is 2.17. The quantitative estimate of drug-likeness (QED) is 0.249. The number of nitrogens with one attached hydrogen (secondary N) is 1. The Morgan fingerprint density at radius 1 is 1.13 bits per heavy atom. The van der Waals surface area contributed by atoms with Crippen molar-refractivity contribution < 1.29 is 19.1 Å². The van der Waals surface area contributed by atoms with E-state index in [9.17, 15) is 14.4 Å². The minimum absolute atomic E-state index is 0.113. The van der Waals surface area contributed by atoms with Crippen molar-refractivity contribution >= 4 is 40.4 Å². The molecular weight excluding hydrogens is 495 g/mol. The summed E-state index contributed by atoms with van der Waals surface area (Å²) in [6, 6.07) is 6.41. The predicted octanol–water partition coefficient (Wildman–Crippen LogP) is 4.31. The van der Waals surface area contributed by atoms with Crippen molar-refractivity contribution in [1.82, 2.24) is 10.2 Å². The zero-order chi connectivity index (χ0) is 21.8. The third-order valence-electron chi connectivity index (χ3n) is 5.28. The van der Waals surface area contributed by atoms with Crippen LogP contribution >= 0.6 is 22.6 Å². The lowest BCUT2D eigenvalue weighted by molar-refractivity contribution is -0.147. The molecule has 0 bridgehead atoms. The molecule has 1 heterocycles. The van der Waals surface area contributed by atoms with Crippen molar-refractivity contribution in [3.8, 4) is 0 Å². The zero-order valence-corrected chi connectivity index (χ0v) is 20.0. The summed E-state index contributed by atoms with van der Waals surface area (Å²) >= 11 is 2.15. The first-order chi connectivity index (χ1) is 14.5. The van der Waals surface area contributed by atoms with E-state index in [1.54, 1.807) is 12.1 Å². The molecule has 1 aliphatic heterocycles. The molecule has 1 aromatic carbocycles. The monoisotopic (exact) mass is 528 g/mol. The molecule has 1 aromatic rings. The minimum atomic E-state index is -0.824. The number of esters is 1. The van der Waals surface area contributed by atoms with Crippen LogP contribution in [0.15, 0.2) is 24.3 Å². The van der Waals surface area contributed by atoms with Gasteiger partial charge in [0.25, 0.3) is 5.91 Å². The van der Waals surface area contributed by atoms with Crippen molar-refractivity contribution in [1.29, 1.82) is 0 Å². The Labute approximate surface area is 193 Å². The Balaban J connectivity index is 1.77. The molecule has 1 unspecified atom stereocenters. The fourth-order valence-corrected chi connectivity index (χ4v) is 4.13. The van der Waals surface area contributed by atoms with Gasteiger partial charge in [0.1, 0.15) is 6.04 Å². The summed E-state index contributed by atoms with van der Waals surface area (Å²) in [5.41, 5.74) is 0.522. The van der Waals surface area contributed by atoms with Gasteiger partial charge in [-0.3, -0.25) is 14.4 Å². The van der Waals surface area contributed by atoms with Crippen LogP contribution in [0.5, 0.6) is 0 Å². The summed E-state index contributed by atoms with van der Waals surface area (Å²) in [5, 5.41) is 2.75. The molecule has 2 rings (SSSR count). The summed E-state index contributed by atoms with van der Waals surface area (Å²) in [7, 11) is 0. The Kier molecular flexibility index (Phi) is 11.2. The number of piperazine rings is 1. The van der Waals surface area contributed by atoms with E-state index in [1.165, 1.54) is 37.0 Å². The van der Waals surface area contributed by atoms with E-state index in [0.717, 1.165) is 22.8 Å². The fraction of sp³-hybridized carbons (Fsp3) is 0.609. The van der Waals surface area contributed by atoms with Gasteiger partial charge in [-0.1, -0.05) is 57.9 Å². The lowest BCUT2D eigenvalue weighted by Crippen LogP contribution is -2.57. The van der Waals surface area contributed by atoms with Crippen LogP contribution in [0.3, 0.4) is 0 Å². The number of ether oxygens (including phenoxy) is 1. The Morgan fingerprint density at radius 2 is 1.83 bits per heavy atom. The van der Waals surface area contributed by atoms with E-state index < -0.39 is 12.0 Å². The lowest BCUT2D eigenvalue weighted by atomic mass is 10.1. The summed E-state index contributed by atoms with van der Waals surface area (Å²) in [5.74, 6) is -0.964. The molecule has 6 nitrogen and oxygen atoms in total. The second-order valence-electron chi connectivity index (χ2n) is 7.72. The standard InChI is InChI=1S/C23H33IN2O4/c1-2-3-4-5-6-7-8-9-15-30-21(27)17-20-22(28)25-13-14-26(20)23(29)18-11-10-12-19(24)16-18/h10-12,16,20H,2-9,13-15,17H2,1H3,(H,25,28). The van der Waals surface area contributed by atoms with E-state index in [2.05, 4.69) is 34.8 Å². The molecule has 1 saturated heterocycles. The maximum Gasteiger partial charge on any atom is 0.308 e. The van der Waals surface area contributed by atoms with Crippen LogP contribution in [0.25, 0.3) is 0 Å². The Bertz CT molecular complexity index is 710. The molecule has 2 amide bonds. The van der Waals surface area contributed by atoms with Crippen molar-refractivity contribution in [2.45, 2.75) is 70.8 Å². The van der Waals surface area contributed by atoms with E-state index in [-0.39, 0.29) is 18.2 Å². The third kappa shape index (κ3) is 8.24. The van der Waals surface area contributed by atoms with Crippen molar-refractivity contribution in [3.05, 3.63) is 33.4 Å². The molecular formula is C23H33IN2O4. The second-order valence-corrected chi connectivity index (χ2v) is 8.96. The van der Waals surface area contributed by atoms with Gasteiger partial charge in [0.05, 0.1) is 13.0 Å². The van der Waals surface area contributed by atoms with Crippen LogP contribution in [0.1, 0.15) is 75.1 Å². The highest BCUT2D eigenvalue weighted by atomic mass is 127. The topological polar surface area (TPSA) is 75.7 Å². The van der Waals surface area contributed by atoms with Crippen LogP contribution in [0.4, 0.5) is 0 Å². The van der Waals surface area contributed by atoms with E-state index in [0.29, 0.717) is 25.3 Å². The number of carbonyl (C=O) groups is 3. The minimum Gasteiger partial charge on any atom is -0.466 e. The average Bonchev–Trinajstić information content (AvgIpc) is 2.73. The van der Waals surface area contributed by atoms with Crippen LogP contribution in [-0.4, -0.2) is 48.4 Å². The molecule has 30 heavy (non-hydrogen) atoms. The molecule has 0 saturated carbocycles. The highest BCUT2D eigenvalue weighted by Gasteiger charge is 2.35. The number of carbonyl (C=O) groups excluding carboxylic acids is 3. The predicted molar refractivity (Wildman–Crippen MR) is 125 cm³/mol. The number of benzene rings is 1. The zero-order valence-electron chi connectivity index (χ0n) is 17.8. The van der Waals surface area contributed by atoms with Crippen LogP contribution in [-0.2, 0) is 14.3 Å². The van der Waals surface area contributed by atoms with E-state index in [4.69, 9.17) is 4.74 Å². The van der Waals surface area contributed by atoms with Gasteiger partial charge in [-0.25, -0.2) is 0 Å². The fourth-order valence-electron chi connectivity index (χ4n) is 3.59. The lowest BCUT2D eigenvalue weighted by Gasteiger charge is -2.34. The molecule has 0 aliphatic carbocycles. The van der Waals surface area contributed by atoms with Gasteiger partial charge >= 0.3 is 5.97 Å². The average molecular weight is 528 g/mol. The maximum atomic E-state index is 12.9. The number of amides is 2. The molecule has 0 aromatic heterocycles. The van der Waals surface area contributed by atoms with Gasteiger partial charge in [-0.05, 0) is 47.2 Å². The number of halogens is 1. The number of nitrogens with zero attached hydrogens (tertiary/aromatic N) is 1. The van der Waals surface area contributed by atoms with Gasteiger partial charge in [0.15, 0.2) is 0 Å². The molecule has 0 spiro atoms. The van der Waals surface area contributed by atoms with Crippen molar-refractivity contribution in [2.24, 2.45) is 0 Å². The van der Waals surface area contributed by atoms with Gasteiger partial charge in [0, 0.05) is 22.2 Å². The maximum absolute atomic E-state index is 12.9. The third-order valence-corrected chi connectivity index (χ3v) is 5.96. The summed E-state index contributed by atoms with van der Waals surface area (Å²) in [4.78, 5) is 39.0. The van der Waals surface area contributed by atoms with E-state index >= 15 is 0 Å². The highest BCUT2D eigenvalue weighted by molar-refractivity contribution is 14.1. The van der Waals surface area contributed by atoms with Gasteiger partial charge < -0.3 is 15.0 Å². The molecule has 1 atom stereocenters. The smallest absolute Gasteiger partial charge is 0.308 e. The first-order valence-corrected chi connectivity index (χ1v) is 12.1. The first kappa shape index (κ1) is 24.6. The largest absolute Gasteiger partial charge is 0.466 e. The molecule has 1 N–H and O–H groups in total. The number of hydrogen-bond donors (Lipinski definition) is 1. The second kappa shape index (κ2) is 13.6. The van der Waals surface area contributed by atoms with Gasteiger partial charge in [-0.15, -0.1) is 0 Å². The summed E-state index contributed by atoms with van der Waals surface area (Å²) in [6.07, 6.45) is 9.27. The van der Waals surface area contributed by atoms with Crippen LogP contribution < -0.4 is 5.32 Å². The summed E-state index contributed by atoms with van der Waals surface area (Å²) in [6.45, 7) is 3.35. The molecule has 0 radical (unpaired) electrons. The first-order valence-electron chi connectivity index (χ1n) is 11.0.